The Morgan fingerprint density at radius 2 is 1.84 bits per heavy atom. The molecule has 0 saturated heterocycles. The van der Waals surface area contributed by atoms with E-state index in [2.05, 4.69) is 24.3 Å². The predicted octanol–water partition coefficient (Wildman–Crippen LogP) is 2.83. The molecule has 0 bridgehead atoms. The average Bonchev–Trinajstić information content (AvgIpc) is 2.72. The fraction of sp³-hybridized carbons (Fsp3) is 0.400. The van der Waals surface area contributed by atoms with E-state index in [0.717, 1.165) is 16.9 Å². The van der Waals surface area contributed by atoms with Gasteiger partial charge in [0, 0.05) is 6.07 Å². The van der Waals surface area contributed by atoms with Crippen molar-refractivity contribution in [1.29, 1.82) is 0 Å². The van der Waals surface area contributed by atoms with Crippen LogP contribution in [0.2, 0.25) is 0 Å². The summed E-state index contributed by atoms with van der Waals surface area (Å²) in [6.45, 7) is 6.78. The van der Waals surface area contributed by atoms with Crippen molar-refractivity contribution in [2.24, 2.45) is 5.73 Å². The Morgan fingerprint density at radius 3 is 2.32 bits per heavy atom. The molecule has 0 saturated carbocycles. The zero-order valence-electron chi connectivity index (χ0n) is 11.6. The third-order valence-electron chi connectivity index (χ3n) is 2.93. The van der Waals surface area contributed by atoms with Gasteiger partial charge in [-0.3, -0.25) is 8.75 Å². The van der Waals surface area contributed by atoms with Crippen molar-refractivity contribution in [3.8, 4) is 10.4 Å². The Labute approximate surface area is 117 Å². The van der Waals surface area contributed by atoms with Crippen LogP contribution in [-0.2, 0) is 12.0 Å². The summed E-state index contributed by atoms with van der Waals surface area (Å²) in [4.78, 5) is 13.0. The van der Waals surface area contributed by atoms with Gasteiger partial charge in [-0.1, -0.05) is 35.8 Å². The summed E-state index contributed by atoms with van der Waals surface area (Å²) in [5, 5.41) is 0. The number of hydrogen-bond acceptors (Lipinski definition) is 3. The van der Waals surface area contributed by atoms with Gasteiger partial charge in [0.15, 0.2) is 0 Å². The molecular weight excluding hydrogens is 256 g/mol. The zero-order valence-corrected chi connectivity index (χ0v) is 12.5. The van der Waals surface area contributed by atoms with E-state index in [4.69, 9.17) is 5.73 Å². The molecule has 0 aliphatic rings. The van der Waals surface area contributed by atoms with Crippen LogP contribution in [0, 0.1) is 0 Å². The Kier molecular flexibility index (Phi) is 3.92. The number of nitrogens with zero attached hydrogens (tertiary/aromatic N) is 1. The molecule has 0 spiro atoms. The molecule has 2 N–H and O–H groups in total. The third kappa shape index (κ3) is 3.14. The predicted molar refractivity (Wildman–Crippen MR) is 81.8 cm³/mol. The fourth-order valence-electron chi connectivity index (χ4n) is 1.95. The topological polar surface area (TPSA) is 48.0 Å². The number of benzene rings is 1. The minimum atomic E-state index is -0.167. The molecule has 0 aliphatic carbocycles. The van der Waals surface area contributed by atoms with Gasteiger partial charge in [0.1, 0.15) is 0 Å². The Morgan fingerprint density at radius 1 is 1.21 bits per heavy atom. The van der Waals surface area contributed by atoms with E-state index in [1.807, 2.05) is 24.7 Å². The maximum absolute atomic E-state index is 12.0. The van der Waals surface area contributed by atoms with Gasteiger partial charge in [0.25, 0.3) is 5.56 Å². The Hall–Kier alpha value is -1.39. The summed E-state index contributed by atoms with van der Waals surface area (Å²) in [6, 6.07) is 9.99. The molecular formula is C15H20N2OS. The lowest BCUT2D eigenvalue weighted by molar-refractivity contribution is 0.419. The van der Waals surface area contributed by atoms with Crippen LogP contribution in [0.4, 0.5) is 0 Å². The van der Waals surface area contributed by atoms with Gasteiger partial charge in [0.2, 0.25) is 0 Å². The maximum Gasteiger partial charge on any atom is 0.261 e. The molecule has 4 heteroatoms. The second-order valence-electron chi connectivity index (χ2n) is 5.64. The number of nitrogens with two attached hydrogens (primary N) is 1. The van der Waals surface area contributed by atoms with E-state index in [0.29, 0.717) is 6.54 Å². The van der Waals surface area contributed by atoms with Crippen LogP contribution in [-0.4, -0.2) is 10.5 Å². The SMILES string of the molecule is CC(C)(C)n1sc(-c2ccc(CCN)cc2)cc1=O. The fourth-order valence-corrected chi connectivity index (χ4v) is 2.95. The standard InChI is InChI=1S/C15H20N2OS/c1-15(2,3)17-14(18)10-13(19-17)12-6-4-11(5-7-12)8-9-16/h4-7,10H,8-9,16H2,1-3H3. The van der Waals surface area contributed by atoms with E-state index in [1.54, 1.807) is 6.07 Å². The van der Waals surface area contributed by atoms with Gasteiger partial charge >= 0.3 is 0 Å². The van der Waals surface area contributed by atoms with Gasteiger partial charge in [-0.05, 0) is 44.9 Å². The molecule has 3 nitrogen and oxygen atoms in total. The van der Waals surface area contributed by atoms with Crippen LogP contribution in [0.5, 0.6) is 0 Å². The minimum absolute atomic E-state index is 0.0681. The minimum Gasteiger partial charge on any atom is -0.330 e. The Bertz CT molecular complexity index is 602. The largest absolute Gasteiger partial charge is 0.330 e. The molecule has 0 amide bonds. The van der Waals surface area contributed by atoms with Crippen molar-refractivity contribution >= 4 is 11.5 Å². The molecule has 1 aromatic carbocycles. The van der Waals surface area contributed by atoms with Crippen molar-refractivity contribution in [3.05, 3.63) is 46.2 Å². The molecule has 102 valence electrons. The highest BCUT2D eigenvalue weighted by Crippen LogP contribution is 2.26. The van der Waals surface area contributed by atoms with E-state index in [9.17, 15) is 4.79 Å². The van der Waals surface area contributed by atoms with Gasteiger partial charge in [-0.25, -0.2) is 0 Å². The second kappa shape index (κ2) is 5.31. The smallest absolute Gasteiger partial charge is 0.261 e. The van der Waals surface area contributed by atoms with Crippen LogP contribution >= 0.6 is 11.5 Å². The first-order valence-corrected chi connectivity index (χ1v) is 7.22. The summed E-state index contributed by atoms with van der Waals surface area (Å²) in [5.41, 5.74) is 7.76. The Balaban J connectivity index is 2.35. The van der Waals surface area contributed by atoms with Crippen molar-refractivity contribution in [2.75, 3.05) is 6.54 Å². The summed E-state index contributed by atoms with van der Waals surface area (Å²) in [6.07, 6.45) is 0.888. The van der Waals surface area contributed by atoms with Crippen LogP contribution in [0.25, 0.3) is 10.4 Å². The highest BCUT2D eigenvalue weighted by atomic mass is 32.1. The maximum atomic E-state index is 12.0. The van der Waals surface area contributed by atoms with Gasteiger partial charge in [-0.2, -0.15) is 0 Å². The molecule has 2 rings (SSSR count). The van der Waals surface area contributed by atoms with E-state index >= 15 is 0 Å². The van der Waals surface area contributed by atoms with Crippen LogP contribution in [0.15, 0.2) is 35.1 Å². The van der Waals surface area contributed by atoms with Gasteiger partial charge in [0.05, 0.1) is 10.4 Å². The quantitative estimate of drug-likeness (QED) is 0.937. The third-order valence-corrected chi connectivity index (χ3v) is 4.39. The average molecular weight is 276 g/mol. The second-order valence-corrected chi connectivity index (χ2v) is 6.63. The van der Waals surface area contributed by atoms with Crippen molar-refractivity contribution in [1.82, 2.24) is 3.96 Å². The molecule has 0 radical (unpaired) electrons. The van der Waals surface area contributed by atoms with E-state index in [-0.39, 0.29) is 11.1 Å². The van der Waals surface area contributed by atoms with Gasteiger partial charge < -0.3 is 5.73 Å². The molecule has 0 fully saturated rings. The monoisotopic (exact) mass is 276 g/mol. The van der Waals surface area contributed by atoms with Crippen LogP contribution in [0.3, 0.4) is 0 Å². The number of rotatable bonds is 3. The lowest BCUT2D eigenvalue weighted by Gasteiger charge is -2.18. The van der Waals surface area contributed by atoms with Gasteiger partial charge in [-0.15, -0.1) is 0 Å². The molecule has 1 heterocycles. The van der Waals surface area contributed by atoms with E-state index < -0.39 is 0 Å². The number of hydrogen-bond donors (Lipinski definition) is 1. The summed E-state index contributed by atoms with van der Waals surface area (Å²) >= 11 is 1.52. The highest BCUT2D eigenvalue weighted by molar-refractivity contribution is 7.10. The first-order chi connectivity index (χ1) is 8.91. The summed E-state index contributed by atoms with van der Waals surface area (Å²) in [7, 11) is 0. The molecule has 0 atom stereocenters. The van der Waals surface area contributed by atoms with Crippen molar-refractivity contribution < 1.29 is 0 Å². The lowest BCUT2D eigenvalue weighted by atomic mass is 10.1. The highest BCUT2D eigenvalue weighted by Gasteiger charge is 2.18. The molecule has 2 aromatic rings. The van der Waals surface area contributed by atoms with Crippen LogP contribution < -0.4 is 11.3 Å². The molecule has 0 aliphatic heterocycles. The van der Waals surface area contributed by atoms with E-state index in [1.165, 1.54) is 17.1 Å². The van der Waals surface area contributed by atoms with Crippen molar-refractivity contribution in [3.63, 3.8) is 0 Å². The first-order valence-electron chi connectivity index (χ1n) is 6.45. The first kappa shape index (κ1) is 14.0. The summed E-state index contributed by atoms with van der Waals surface area (Å²) < 4.78 is 1.82. The molecule has 0 unspecified atom stereocenters. The summed E-state index contributed by atoms with van der Waals surface area (Å²) in [5.74, 6) is 0. The normalized spacial score (nSPS) is 11.8. The van der Waals surface area contributed by atoms with Crippen molar-refractivity contribution in [2.45, 2.75) is 32.7 Å². The lowest BCUT2D eigenvalue weighted by Crippen LogP contribution is -2.28. The number of aromatic nitrogens is 1. The molecule has 1 aromatic heterocycles. The zero-order chi connectivity index (χ0) is 14.0. The molecule has 19 heavy (non-hydrogen) atoms. The van der Waals surface area contributed by atoms with Crippen LogP contribution in [0.1, 0.15) is 26.3 Å².